The van der Waals surface area contributed by atoms with E-state index in [1.807, 2.05) is 0 Å². The number of hydrogen-bond acceptors (Lipinski definition) is 0. The van der Waals surface area contributed by atoms with Gasteiger partial charge in [0.05, 0.1) is 0 Å². The predicted octanol–water partition coefficient (Wildman–Crippen LogP) is 8.13. The molecule has 0 bridgehead atoms. The third-order valence-corrected chi connectivity index (χ3v) is 6.46. The highest BCUT2D eigenvalue weighted by Crippen LogP contribution is 2.35. The van der Waals surface area contributed by atoms with Gasteiger partial charge in [0.2, 0.25) is 0 Å². The first-order chi connectivity index (χ1) is 15.3. The van der Waals surface area contributed by atoms with Gasteiger partial charge in [0.25, 0.3) is 0 Å². The molecular weight excluding hydrogens is 372 g/mol. The summed E-state index contributed by atoms with van der Waals surface area (Å²) in [7, 11) is 0. The van der Waals surface area contributed by atoms with Crippen molar-refractivity contribution in [2.45, 2.75) is 44.4 Å². The molecule has 0 heterocycles. The second-order valence-corrected chi connectivity index (χ2v) is 8.61. The van der Waals surface area contributed by atoms with Crippen LogP contribution in [0.2, 0.25) is 0 Å². The summed E-state index contributed by atoms with van der Waals surface area (Å²) < 4.78 is 0. The Hall–Kier alpha value is -3.12. The van der Waals surface area contributed by atoms with Gasteiger partial charge >= 0.3 is 0 Å². The number of aryl methyl sites for hydroxylation is 2. The molecule has 2 atom stereocenters. The van der Waals surface area contributed by atoms with Crippen molar-refractivity contribution in [3.63, 3.8) is 0 Å². The van der Waals surface area contributed by atoms with E-state index in [4.69, 9.17) is 0 Å². The summed E-state index contributed by atoms with van der Waals surface area (Å²) in [5.74, 6) is 1.04. The first-order valence-electron chi connectivity index (χ1n) is 11.5. The quantitative estimate of drug-likeness (QED) is 0.264. The van der Waals surface area contributed by atoms with E-state index in [2.05, 4.69) is 122 Å². The van der Waals surface area contributed by atoms with Gasteiger partial charge in [0, 0.05) is 0 Å². The second-order valence-electron chi connectivity index (χ2n) is 8.61. The fraction of sp³-hybridized carbons (Fsp3) is 0.226. The average molecular weight is 405 g/mol. The Kier molecular flexibility index (Phi) is 7.34. The Balaban J connectivity index is 1.60. The lowest BCUT2D eigenvalue weighted by Crippen LogP contribution is -2.11. The van der Waals surface area contributed by atoms with Crippen molar-refractivity contribution >= 4 is 0 Å². The molecule has 0 amide bonds. The molecule has 0 saturated heterocycles. The minimum absolute atomic E-state index is 0.503. The largest absolute Gasteiger partial charge is 0.0622 e. The summed E-state index contributed by atoms with van der Waals surface area (Å²) in [6.45, 7) is 2.24. The van der Waals surface area contributed by atoms with Crippen molar-refractivity contribution in [1.82, 2.24) is 0 Å². The molecule has 4 rings (SSSR count). The molecular formula is C31H32. The van der Waals surface area contributed by atoms with Crippen LogP contribution in [0.3, 0.4) is 0 Å². The molecule has 0 aliphatic rings. The van der Waals surface area contributed by atoms with Gasteiger partial charge in [0.15, 0.2) is 0 Å². The minimum Gasteiger partial charge on any atom is -0.0622 e. The lowest BCUT2D eigenvalue weighted by atomic mass is 9.79. The second kappa shape index (κ2) is 10.8. The molecule has 0 radical (unpaired) electrons. The van der Waals surface area contributed by atoms with Crippen molar-refractivity contribution in [1.29, 1.82) is 0 Å². The van der Waals surface area contributed by atoms with Crippen molar-refractivity contribution in [2.75, 3.05) is 0 Å². The molecule has 0 N–H and O–H groups in total. The van der Waals surface area contributed by atoms with Crippen LogP contribution in [0.1, 0.15) is 52.5 Å². The highest BCUT2D eigenvalue weighted by Gasteiger charge is 2.21. The van der Waals surface area contributed by atoms with Crippen molar-refractivity contribution in [3.8, 4) is 0 Å². The first-order valence-corrected chi connectivity index (χ1v) is 11.5. The summed E-state index contributed by atoms with van der Waals surface area (Å²) in [5, 5.41) is 0. The number of rotatable bonds is 9. The van der Waals surface area contributed by atoms with Crippen LogP contribution in [0, 0.1) is 6.92 Å². The maximum absolute atomic E-state index is 2.31. The van der Waals surface area contributed by atoms with Crippen molar-refractivity contribution in [2.24, 2.45) is 0 Å². The summed E-state index contributed by atoms with van der Waals surface area (Å²) >= 11 is 0. The molecule has 0 aliphatic carbocycles. The standard InChI is InChI=1S/C31H32/c1-25-13-11-12-20-29(25)23-31(28-18-9-4-10-19-28)24-30(27-16-7-3-8-17-27)22-21-26-14-5-2-6-15-26/h2-20,30-31H,21-24H2,1H3. The van der Waals surface area contributed by atoms with E-state index in [-0.39, 0.29) is 0 Å². The van der Waals surface area contributed by atoms with Gasteiger partial charge in [-0.25, -0.2) is 0 Å². The molecule has 2 unspecified atom stereocenters. The lowest BCUT2D eigenvalue weighted by molar-refractivity contribution is 0.501. The summed E-state index contributed by atoms with van der Waals surface area (Å²) in [5.41, 5.74) is 7.20. The van der Waals surface area contributed by atoms with E-state index in [0.717, 1.165) is 19.3 Å². The summed E-state index contributed by atoms with van der Waals surface area (Å²) in [6, 6.07) is 42.0. The van der Waals surface area contributed by atoms with E-state index in [1.54, 1.807) is 0 Å². The Bertz CT molecular complexity index is 1030. The maximum Gasteiger partial charge on any atom is -0.0116 e. The monoisotopic (exact) mass is 404 g/mol. The van der Waals surface area contributed by atoms with Crippen LogP contribution in [0.25, 0.3) is 0 Å². The topological polar surface area (TPSA) is 0 Å². The molecule has 0 saturated carbocycles. The molecule has 4 aromatic rings. The first kappa shape index (κ1) is 21.1. The third kappa shape index (κ3) is 5.95. The van der Waals surface area contributed by atoms with Gasteiger partial charge < -0.3 is 0 Å². The molecule has 0 aromatic heterocycles. The van der Waals surface area contributed by atoms with Crippen LogP contribution in [0.4, 0.5) is 0 Å². The van der Waals surface area contributed by atoms with Crippen LogP contribution >= 0.6 is 0 Å². The van der Waals surface area contributed by atoms with Gasteiger partial charge in [-0.3, -0.25) is 0 Å². The summed E-state index contributed by atoms with van der Waals surface area (Å²) in [6.07, 6.45) is 4.54. The van der Waals surface area contributed by atoms with Crippen molar-refractivity contribution in [3.05, 3.63) is 143 Å². The molecule has 0 fully saturated rings. The van der Waals surface area contributed by atoms with E-state index < -0.39 is 0 Å². The Labute approximate surface area is 187 Å². The highest BCUT2D eigenvalue weighted by molar-refractivity contribution is 5.31. The molecule has 0 spiro atoms. The molecule has 0 nitrogen and oxygen atoms in total. The van der Waals surface area contributed by atoms with E-state index in [1.165, 1.54) is 34.2 Å². The smallest absolute Gasteiger partial charge is 0.0116 e. The molecule has 0 aliphatic heterocycles. The minimum atomic E-state index is 0.503. The normalized spacial score (nSPS) is 12.9. The van der Waals surface area contributed by atoms with Gasteiger partial charge in [0.1, 0.15) is 0 Å². The van der Waals surface area contributed by atoms with Gasteiger partial charge in [-0.2, -0.15) is 0 Å². The zero-order valence-corrected chi connectivity index (χ0v) is 18.5. The molecule has 156 valence electrons. The average Bonchev–Trinajstić information content (AvgIpc) is 2.84. The van der Waals surface area contributed by atoms with Crippen LogP contribution in [-0.2, 0) is 12.8 Å². The van der Waals surface area contributed by atoms with Gasteiger partial charge in [-0.05, 0) is 72.3 Å². The van der Waals surface area contributed by atoms with Gasteiger partial charge in [-0.15, -0.1) is 0 Å². The lowest BCUT2D eigenvalue weighted by Gasteiger charge is -2.25. The fourth-order valence-electron chi connectivity index (χ4n) is 4.64. The van der Waals surface area contributed by atoms with E-state index >= 15 is 0 Å². The Morgan fingerprint density at radius 3 is 1.68 bits per heavy atom. The van der Waals surface area contributed by atoms with E-state index in [0.29, 0.717) is 11.8 Å². The molecule has 4 aromatic carbocycles. The van der Waals surface area contributed by atoms with Gasteiger partial charge in [-0.1, -0.05) is 115 Å². The SMILES string of the molecule is Cc1ccccc1CC(CC(CCc1ccccc1)c1ccccc1)c1ccccc1. The van der Waals surface area contributed by atoms with Crippen LogP contribution < -0.4 is 0 Å². The van der Waals surface area contributed by atoms with Crippen LogP contribution in [0.15, 0.2) is 115 Å². The van der Waals surface area contributed by atoms with E-state index in [9.17, 15) is 0 Å². The fourth-order valence-corrected chi connectivity index (χ4v) is 4.64. The van der Waals surface area contributed by atoms with Crippen LogP contribution in [0.5, 0.6) is 0 Å². The van der Waals surface area contributed by atoms with Crippen molar-refractivity contribution < 1.29 is 0 Å². The molecule has 31 heavy (non-hydrogen) atoms. The number of benzene rings is 4. The zero-order valence-electron chi connectivity index (χ0n) is 18.5. The zero-order chi connectivity index (χ0) is 21.3. The third-order valence-electron chi connectivity index (χ3n) is 6.46. The Morgan fingerprint density at radius 1 is 0.548 bits per heavy atom. The number of hydrogen-bond donors (Lipinski definition) is 0. The predicted molar refractivity (Wildman–Crippen MR) is 133 cm³/mol. The van der Waals surface area contributed by atoms with Crippen LogP contribution in [-0.4, -0.2) is 0 Å². The Morgan fingerprint density at radius 2 is 1.06 bits per heavy atom. The molecule has 0 heteroatoms. The maximum atomic E-state index is 2.31. The summed E-state index contributed by atoms with van der Waals surface area (Å²) in [4.78, 5) is 0. The highest BCUT2D eigenvalue weighted by atomic mass is 14.2.